The largest absolute Gasteiger partial charge is 0.457 e. The van der Waals surface area contributed by atoms with E-state index in [-0.39, 0.29) is 55.8 Å². The molecule has 0 saturated heterocycles. The monoisotopic (exact) mass is 542 g/mol. The van der Waals surface area contributed by atoms with Crippen molar-refractivity contribution >= 4 is 67.8 Å². The van der Waals surface area contributed by atoms with Crippen molar-refractivity contribution < 1.29 is 13.5 Å². The molecule has 2 rings (SSSR count). The Balaban J connectivity index is 0.00000338. The number of halogens is 4. The molecule has 2 aromatic carbocycles. The quantitative estimate of drug-likeness (QED) is 0.297. The summed E-state index contributed by atoms with van der Waals surface area (Å²) in [5, 5.41) is 14.4. The Hall–Kier alpha value is -1.30. The second kappa shape index (κ2) is 12.2. The minimum absolute atomic E-state index is 0. The fraction of sp³-hybridized carbons (Fsp3) is 0.125. The van der Waals surface area contributed by atoms with E-state index in [0.29, 0.717) is 22.6 Å². The molecule has 0 aromatic heterocycles. The van der Waals surface area contributed by atoms with E-state index in [9.17, 15) is 8.78 Å². The first-order chi connectivity index (χ1) is 11.8. The molecule has 0 aliphatic heterocycles. The minimum Gasteiger partial charge on any atom is -0.457 e. The SMILES string of the molecule is Br.Br.N=C(N)SCc1cc(F)ccc1Oc1cc(F)ccc1CSC(=N)N. The van der Waals surface area contributed by atoms with Crippen LogP contribution in [0.4, 0.5) is 8.78 Å². The summed E-state index contributed by atoms with van der Waals surface area (Å²) in [5.74, 6) is 0.259. The summed E-state index contributed by atoms with van der Waals surface area (Å²) in [4.78, 5) is 0. The summed E-state index contributed by atoms with van der Waals surface area (Å²) in [6.45, 7) is 0. The number of nitrogens with two attached hydrogens (primary N) is 2. The van der Waals surface area contributed by atoms with Crippen molar-refractivity contribution in [2.45, 2.75) is 11.5 Å². The van der Waals surface area contributed by atoms with Crippen LogP contribution < -0.4 is 16.2 Å². The zero-order chi connectivity index (χ0) is 18.4. The van der Waals surface area contributed by atoms with E-state index in [4.69, 9.17) is 27.0 Å². The molecule has 11 heteroatoms. The Labute approximate surface area is 185 Å². The van der Waals surface area contributed by atoms with Crippen molar-refractivity contribution in [2.75, 3.05) is 0 Å². The highest BCUT2D eigenvalue weighted by Crippen LogP contribution is 2.33. The lowest BCUT2D eigenvalue weighted by atomic mass is 10.2. The third-order valence-electron chi connectivity index (χ3n) is 3.04. The fourth-order valence-corrected chi connectivity index (χ4v) is 3.02. The van der Waals surface area contributed by atoms with Gasteiger partial charge in [0.05, 0.1) is 0 Å². The van der Waals surface area contributed by atoms with Crippen molar-refractivity contribution in [1.29, 1.82) is 10.8 Å². The average Bonchev–Trinajstić information content (AvgIpc) is 2.54. The zero-order valence-corrected chi connectivity index (χ0v) is 18.9. The van der Waals surface area contributed by atoms with Crippen LogP contribution in [0.2, 0.25) is 0 Å². The van der Waals surface area contributed by atoms with Crippen LogP contribution in [0.5, 0.6) is 11.5 Å². The predicted molar refractivity (Wildman–Crippen MR) is 120 cm³/mol. The third-order valence-corrected chi connectivity index (χ3v) is 4.57. The molecule has 0 aliphatic carbocycles. The molecule has 0 heterocycles. The smallest absolute Gasteiger partial charge is 0.151 e. The number of nitrogens with one attached hydrogen (secondary N) is 2. The summed E-state index contributed by atoms with van der Waals surface area (Å²) in [5.41, 5.74) is 11.8. The van der Waals surface area contributed by atoms with Gasteiger partial charge in [-0.25, -0.2) is 8.78 Å². The van der Waals surface area contributed by atoms with Gasteiger partial charge in [-0.15, -0.1) is 34.0 Å². The second-order valence-corrected chi connectivity index (χ2v) is 6.95. The van der Waals surface area contributed by atoms with Gasteiger partial charge in [0, 0.05) is 28.7 Å². The first-order valence-corrected chi connectivity index (χ1v) is 9.00. The van der Waals surface area contributed by atoms with E-state index in [1.807, 2.05) is 0 Å². The molecule has 0 bridgehead atoms. The van der Waals surface area contributed by atoms with Crippen LogP contribution in [0.25, 0.3) is 0 Å². The molecule has 0 saturated carbocycles. The molecule has 5 nitrogen and oxygen atoms in total. The van der Waals surface area contributed by atoms with E-state index in [0.717, 1.165) is 23.5 Å². The number of rotatable bonds is 6. The Morgan fingerprint density at radius 3 is 1.93 bits per heavy atom. The molecule has 0 amide bonds. The van der Waals surface area contributed by atoms with Crippen LogP contribution in [0, 0.1) is 22.5 Å². The zero-order valence-electron chi connectivity index (χ0n) is 13.8. The molecule has 0 spiro atoms. The van der Waals surface area contributed by atoms with Crippen molar-refractivity contribution in [1.82, 2.24) is 0 Å². The van der Waals surface area contributed by atoms with Gasteiger partial charge < -0.3 is 16.2 Å². The minimum atomic E-state index is -0.478. The van der Waals surface area contributed by atoms with Gasteiger partial charge in [-0.3, -0.25) is 10.8 Å². The third kappa shape index (κ3) is 8.50. The number of amidine groups is 2. The maximum atomic E-state index is 13.6. The number of hydrogen-bond acceptors (Lipinski definition) is 5. The van der Waals surface area contributed by atoms with Gasteiger partial charge in [0.2, 0.25) is 0 Å². The number of thioether (sulfide) groups is 2. The van der Waals surface area contributed by atoms with Gasteiger partial charge in [0.1, 0.15) is 23.1 Å². The molecule has 148 valence electrons. The van der Waals surface area contributed by atoms with Gasteiger partial charge in [0.25, 0.3) is 0 Å². The van der Waals surface area contributed by atoms with Gasteiger partial charge in [-0.2, -0.15) is 0 Å². The second-order valence-electron chi connectivity index (χ2n) is 4.91. The predicted octanol–water partition coefficient (Wildman–Crippen LogP) is 5.17. The molecule has 0 aliphatic rings. The van der Waals surface area contributed by atoms with Crippen LogP contribution in [-0.4, -0.2) is 10.3 Å². The summed E-state index contributed by atoms with van der Waals surface area (Å²) in [6.07, 6.45) is 0. The lowest BCUT2D eigenvalue weighted by Gasteiger charge is -2.14. The van der Waals surface area contributed by atoms with Crippen molar-refractivity contribution in [3.8, 4) is 11.5 Å². The molecular formula is C16H18Br2F2N4OS2. The highest BCUT2D eigenvalue weighted by Gasteiger charge is 2.12. The van der Waals surface area contributed by atoms with E-state index < -0.39 is 11.6 Å². The van der Waals surface area contributed by atoms with Gasteiger partial charge in [-0.1, -0.05) is 29.6 Å². The summed E-state index contributed by atoms with van der Waals surface area (Å²) >= 11 is 2.12. The van der Waals surface area contributed by atoms with Gasteiger partial charge >= 0.3 is 0 Å². The molecule has 0 fully saturated rings. The molecule has 0 unspecified atom stereocenters. The Kier molecular flexibility index (Phi) is 11.6. The first kappa shape index (κ1) is 25.7. The van der Waals surface area contributed by atoms with Crippen molar-refractivity contribution in [3.63, 3.8) is 0 Å². The summed E-state index contributed by atoms with van der Waals surface area (Å²) in [7, 11) is 0. The number of ether oxygens (including phenoxy) is 1. The lowest BCUT2D eigenvalue weighted by Crippen LogP contribution is -2.05. The van der Waals surface area contributed by atoms with E-state index in [1.165, 1.54) is 30.3 Å². The van der Waals surface area contributed by atoms with Crippen LogP contribution in [-0.2, 0) is 11.5 Å². The van der Waals surface area contributed by atoms with E-state index in [1.54, 1.807) is 6.07 Å². The van der Waals surface area contributed by atoms with Crippen molar-refractivity contribution in [2.24, 2.45) is 11.5 Å². The summed E-state index contributed by atoms with van der Waals surface area (Å²) < 4.78 is 32.9. The van der Waals surface area contributed by atoms with Crippen LogP contribution in [0.3, 0.4) is 0 Å². The van der Waals surface area contributed by atoms with Crippen LogP contribution in [0.1, 0.15) is 11.1 Å². The molecule has 0 radical (unpaired) electrons. The van der Waals surface area contributed by atoms with Gasteiger partial charge in [-0.05, 0) is 24.3 Å². The Morgan fingerprint density at radius 2 is 1.33 bits per heavy atom. The molecule has 27 heavy (non-hydrogen) atoms. The topological polar surface area (TPSA) is 109 Å². The number of hydrogen-bond donors (Lipinski definition) is 4. The molecule has 2 aromatic rings. The fourth-order valence-electron chi connectivity index (χ4n) is 1.93. The molecule has 0 atom stereocenters. The Bertz CT molecular complexity index is 812. The maximum Gasteiger partial charge on any atom is 0.151 e. The first-order valence-electron chi connectivity index (χ1n) is 7.03. The van der Waals surface area contributed by atoms with E-state index in [2.05, 4.69) is 0 Å². The highest BCUT2D eigenvalue weighted by atomic mass is 79.9. The van der Waals surface area contributed by atoms with Crippen LogP contribution >= 0.6 is 57.5 Å². The summed E-state index contributed by atoms with van der Waals surface area (Å²) in [6, 6.07) is 8.03. The van der Waals surface area contributed by atoms with Crippen molar-refractivity contribution in [3.05, 3.63) is 59.2 Å². The standard InChI is InChI=1S/C16H16F2N4OS2.2BrH/c17-11-3-4-13(10(5-11)8-25-16(21)22)23-14-6-12(18)2-1-9(14)7-24-15(19)20;;/h1-6H,7-8H2,(H3,19,20)(H3,21,22);2*1H. The molecule has 6 N–H and O–H groups in total. The highest BCUT2D eigenvalue weighted by molar-refractivity contribution is 8.93. The van der Waals surface area contributed by atoms with Crippen LogP contribution in [0.15, 0.2) is 36.4 Å². The maximum absolute atomic E-state index is 13.6. The lowest BCUT2D eigenvalue weighted by molar-refractivity contribution is 0.466. The Morgan fingerprint density at radius 1 is 0.815 bits per heavy atom. The average molecular weight is 544 g/mol. The number of benzene rings is 2. The van der Waals surface area contributed by atoms with Gasteiger partial charge in [0.15, 0.2) is 10.3 Å². The molecular weight excluding hydrogens is 526 g/mol. The van der Waals surface area contributed by atoms with E-state index >= 15 is 0 Å². The normalized spacial score (nSPS) is 9.70.